The lowest BCUT2D eigenvalue weighted by molar-refractivity contribution is 0.102. The van der Waals surface area contributed by atoms with Gasteiger partial charge in [0.2, 0.25) is 0 Å². The predicted molar refractivity (Wildman–Crippen MR) is 97.2 cm³/mol. The molecule has 128 valence electrons. The Hall–Kier alpha value is -3.67. The lowest BCUT2D eigenvalue weighted by Crippen LogP contribution is -2.15. The summed E-state index contributed by atoms with van der Waals surface area (Å²) < 4.78 is 16.6. The topological polar surface area (TPSA) is 51.9 Å². The van der Waals surface area contributed by atoms with E-state index in [1.807, 2.05) is 59.4 Å². The Bertz CT molecular complexity index is 1020. The highest BCUT2D eigenvalue weighted by Crippen LogP contribution is 2.21. The molecule has 2 heterocycles. The SMILES string of the molecule is O=C(Nc1ccc(F)cc1)c1cnn(-c2ccccc2)c1-n1cccc1. The number of aromatic nitrogens is 3. The van der Waals surface area contributed by atoms with Crippen molar-refractivity contribution in [2.24, 2.45) is 0 Å². The maximum atomic E-state index is 13.1. The molecule has 0 radical (unpaired) electrons. The fraction of sp³-hybridized carbons (Fsp3) is 0. The minimum atomic E-state index is -0.354. The second-order valence-electron chi connectivity index (χ2n) is 5.68. The molecule has 0 aliphatic carbocycles. The van der Waals surface area contributed by atoms with Crippen LogP contribution in [0.3, 0.4) is 0 Å². The third kappa shape index (κ3) is 3.00. The highest BCUT2D eigenvalue weighted by molar-refractivity contribution is 6.06. The molecule has 0 fully saturated rings. The summed E-state index contributed by atoms with van der Waals surface area (Å²) in [5.74, 6) is -0.0452. The standard InChI is InChI=1S/C20H15FN4O/c21-15-8-10-16(11-9-15)23-19(26)18-14-22-25(17-6-2-1-3-7-17)20(18)24-12-4-5-13-24/h1-14H,(H,23,26). The Morgan fingerprint density at radius 1 is 0.923 bits per heavy atom. The monoisotopic (exact) mass is 346 g/mol. The molecule has 2 aromatic heterocycles. The molecule has 2 aromatic carbocycles. The Labute approximate surface area is 149 Å². The minimum Gasteiger partial charge on any atom is -0.322 e. The number of anilines is 1. The van der Waals surface area contributed by atoms with E-state index >= 15 is 0 Å². The van der Waals surface area contributed by atoms with E-state index in [-0.39, 0.29) is 11.7 Å². The summed E-state index contributed by atoms with van der Waals surface area (Å²) in [4.78, 5) is 12.8. The molecule has 0 aliphatic rings. The number of carbonyl (C=O) groups is 1. The number of nitrogens with one attached hydrogen (secondary N) is 1. The fourth-order valence-electron chi connectivity index (χ4n) is 2.72. The lowest BCUT2D eigenvalue weighted by atomic mass is 10.2. The van der Waals surface area contributed by atoms with Crippen LogP contribution in [0.5, 0.6) is 0 Å². The summed E-state index contributed by atoms with van der Waals surface area (Å²) in [5.41, 5.74) is 1.77. The summed E-state index contributed by atoms with van der Waals surface area (Å²) in [6.45, 7) is 0. The van der Waals surface area contributed by atoms with Crippen molar-refractivity contribution in [3.63, 3.8) is 0 Å². The maximum absolute atomic E-state index is 13.1. The van der Waals surface area contributed by atoms with Gasteiger partial charge in [0, 0.05) is 18.1 Å². The van der Waals surface area contributed by atoms with Crippen molar-refractivity contribution < 1.29 is 9.18 Å². The Morgan fingerprint density at radius 2 is 1.62 bits per heavy atom. The average Bonchev–Trinajstić information content (AvgIpc) is 3.33. The van der Waals surface area contributed by atoms with Crippen molar-refractivity contribution in [2.45, 2.75) is 0 Å². The predicted octanol–water partition coefficient (Wildman–Crippen LogP) is 4.05. The van der Waals surface area contributed by atoms with Crippen molar-refractivity contribution in [2.75, 3.05) is 5.32 Å². The van der Waals surface area contributed by atoms with Gasteiger partial charge in [-0.25, -0.2) is 9.07 Å². The Kier molecular flexibility index (Phi) is 4.07. The first-order valence-corrected chi connectivity index (χ1v) is 8.06. The molecule has 26 heavy (non-hydrogen) atoms. The minimum absolute atomic E-state index is 0.317. The quantitative estimate of drug-likeness (QED) is 0.606. The number of para-hydroxylation sites is 1. The molecule has 0 spiro atoms. The lowest BCUT2D eigenvalue weighted by Gasteiger charge is -2.11. The van der Waals surface area contributed by atoms with Gasteiger partial charge in [-0.1, -0.05) is 18.2 Å². The molecule has 6 heteroatoms. The zero-order chi connectivity index (χ0) is 17.9. The second-order valence-corrected chi connectivity index (χ2v) is 5.68. The van der Waals surface area contributed by atoms with Gasteiger partial charge < -0.3 is 9.88 Å². The van der Waals surface area contributed by atoms with E-state index in [9.17, 15) is 9.18 Å². The number of halogens is 1. The maximum Gasteiger partial charge on any atom is 0.261 e. The van der Waals surface area contributed by atoms with Crippen molar-refractivity contribution >= 4 is 11.6 Å². The summed E-state index contributed by atoms with van der Waals surface area (Å²) in [7, 11) is 0. The van der Waals surface area contributed by atoms with E-state index in [1.54, 1.807) is 4.68 Å². The van der Waals surface area contributed by atoms with Gasteiger partial charge in [-0.15, -0.1) is 0 Å². The van der Waals surface area contributed by atoms with E-state index in [4.69, 9.17) is 0 Å². The van der Waals surface area contributed by atoms with Gasteiger partial charge in [0.1, 0.15) is 11.4 Å². The largest absolute Gasteiger partial charge is 0.322 e. The van der Waals surface area contributed by atoms with Crippen LogP contribution in [0.4, 0.5) is 10.1 Å². The number of carbonyl (C=O) groups excluding carboxylic acids is 1. The number of benzene rings is 2. The van der Waals surface area contributed by atoms with Crippen LogP contribution < -0.4 is 5.32 Å². The molecule has 1 N–H and O–H groups in total. The molecule has 4 aromatic rings. The normalized spacial score (nSPS) is 10.7. The van der Waals surface area contributed by atoms with Crippen molar-refractivity contribution in [1.82, 2.24) is 14.3 Å². The first-order valence-electron chi connectivity index (χ1n) is 8.06. The van der Waals surface area contributed by atoms with Crippen molar-refractivity contribution in [3.05, 3.63) is 96.7 Å². The number of hydrogen-bond donors (Lipinski definition) is 1. The van der Waals surface area contributed by atoms with Crippen LogP contribution in [0.25, 0.3) is 11.5 Å². The Morgan fingerprint density at radius 3 is 2.31 bits per heavy atom. The summed E-state index contributed by atoms with van der Waals surface area (Å²) >= 11 is 0. The summed E-state index contributed by atoms with van der Waals surface area (Å²) in [6, 6.07) is 19.0. The molecular formula is C20H15FN4O. The van der Waals surface area contributed by atoms with E-state index in [0.29, 0.717) is 17.1 Å². The zero-order valence-corrected chi connectivity index (χ0v) is 13.7. The van der Waals surface area contributed by atoms with Gasteiger partial charge in [0.25, 0.3) is 5.91 Å². The van der Waals surface area contributed by atoms with Crippen LogP contribution in [-0.2, 0) is 0 Å². The van der Waals surface area contributed by atoms with Gasteiger partial charge in [0.05, 0.1) is 11.9 Å². The van der Waals surface area contributed by atoms with Crippen molar-refractivity contribution in [1.29, 1.82) is 0 Å². The molecule has 0 bridgehead atoms. The molecule has 0 saturated carbocycles. The number of nitrogens with zero attached hydrogens (tertiary/aromatic N) is 3. The first kappa shape index (κ1) is 15.8. The van der Waals surface area contributed by atoms with E-state index in [0.717, 1.165) is 5.69 Å². The molecule has 1 amide bonds. The molecule has 0 atom stereocenters. The number of amides is 1. The van der Waals surface area contributed by atoms with Gasteiger partial charge in [0.15, 0.2) is 5.82 Å². The third-order valence-corrected chi connectivity index (χ3v) is 3.94. The first-order chi connectivity index (χ1) is 12.7. The van der Waals surface area contributed by atoms with Crippen molar-refractivity contribution in [3.8, 4) is 11.5 Å². The van der Waals surface area contributed by atoms with Crippen LogP contribution in [0.2, 0.25) is 0 Å². The fourth-order valence-corrected chi connectivity index (χ4v) is 2.72. The van der Waals surface area contributed by atoms with E-state index in [1.165, 1.54) is 30.5 Å². The highest BCUT2D eigenvalue weighted by atomic mass is 19.1. The molecule has 0 saturated heterocycles. The van der Waals surface area contributed by atoms with E-state index < -0.39 is 0 Å². The molecular weight excluding hydrogens is 331 g/mol. The number of hydrogen-bond acceptors (Lipinski definition) is 2. The highest BCUT2D eigenvalue weighted by Gasteiger charge is 2.20. The smallest absolute Gasteiger partial charge is 0.261 e. The molecule has 0 unspecified atom stereocenters. The number of rotatable bonds is 4. The van der Waals surface area contributed by atoms with Crippen LogP contribution in [0, 0.1) is 5.82 Å². The molecule has 5 nitrogen and oxygen atoms in total. The Balaban J connectivity index is 1.75. The average molecular weight is 346 g/mol. The van der Waals surface area contributed by atoms with Crippen LogP contribution in [0.1, 0.15) is 10.4 Å². The van der Waals surface area contributed by atoms with E-state index in [2.05, 4.69) is 10.4 Å². The third-order valence-electron chi connectivity index (χ3n) is 3.94. The van der Waals surface area contributed by atoms with Gasteiger partial charge in [-0.05, 0) is 48.5 Å². The van der Waals surface area contributed by atoms with Gasteiger partial charge in [-0.2, -0.15) is 5.10 Å². The van der Waals surface area contributed by atoms with Crippen LogP contribution in [0.15, 0.2) is 85.3 Å². The zero-order valence-electron chi connectivity index (χ0n) is 13.7. The second kappa shape index (κ2) is 6.68. The molecule has 0 aliphatic heterocycles. The van der Waals surface area contributed by atoms with Gasteiger partial charge >= 0.3 is 0 Å². The van der Waals surface area contributed by atoms with Crippen LogP contribution in [-0.4, -0.2) is 20.3 Å². The summed E-state index contributed by atoms with van der Waals surface area (Å²) in [5, 5.41) is 7.17. The molecule has 4 rings (SSSR count). The van der Waals surface area contributed by atoms with Crippen LogP contribution >= 0.6 is 0 Å². The summed E-state index contributed by atoms with van der Waals surface area (Å²) in [6.07, 6.45) is 5.23. The van der Waals surface area contributed by atoms with Gasteiger partial charge in [-0.3, -0.25) is 4.79 Å².